The molecule has 0 amide bonds. The second-order valence-corrected chi connectivity index (χ2v) is 5.11. The molecule has 118 valence electrons. The van der Waals surface area contributed by atoms with E-state index < -0.39 is 11.2 Å². The number of aromatic amines is 1. The van der Waals surface area contributed by atoms with Gasteiger partial charge in [-0.25, -0.2) is 9.78 Å². The molecule has 0 radical (unpaired) electrons. The highest BCUT2D eigenvalue weighted by molar-refractivity contribution is 5.90. The highest BCUT2D eigenvalue weighted by Gasteiger charge is 2.14. The summed E-state index contributed by atoms with van der Waals surface area (Å²) in [4.78, 5) is 31.4. The van der Waals surface area contributed by atoms with Gasteiger partial charge < -0.3 is 16.0 Å². The number of rotatable bonds is 2. The zero-order valence-corrected chi connectivity index (χ0v) is 12.5. The molecular formula is C14H15N7O2. The summed E-state index contributed by atoms with van der Waals surface area (Å²) < 4.78 is 2.35. The first-order valence-corrected chi connectivity index (χ1v) is 6.75. The number of hydrogen-bond donors (Lipinski definition) is 4. The lowest BCUT2D eigenvalue weighted by atomic mass is 10.2. The van der Waals surface area contributed by atoms with Crippen LogP contribution in [0.1, 0.15) is 0 Å². The molecule has 0 bridgehead atoms. The first kappa shape index (κ1) is 14.6. The standard InChI is InChI=1S/C14H15N7O2/c1-20-11-9(12(22)21(2)14(20)23)18-10(19-11)7-3-5-8(6-4-7)17-13(15)16/h3-6H,1-2H3,(H,18,19)(H4,15,16,17). The molecule has 0 spiro atoms. The molecule has 0 atom stereocenters. The molecule has 2 aromatic heterocycles. The Kier molecular flexibility index (Phi) is 3.25. The lowest BCUT2D eigenvalue weighted by molar-refractivity contribution is 0.709. The van der Waals surface area contributed by atoms with Gasteiger partial charge in [-0.15, -0.1) is 0 Å². The summed E-state index contributed by atoms with van der Waals surface area (Å²) in [5.41, 5.74) is 6.41. The van der Waals surface area contributed by atoms with Crippen LogP contribution in [0.25, 0.3) is 22.6 Å². The van der Waals surface area contributed by atoms with E-state index in [1.807, 2.05) is 0 Å². The highest BCUT2D eigenvalue weighted by atomic mass is 16.2. The fourth-order valence-corrected chi connectivity index (χ4v) is 2.33. The van der Waals surface area contributed by atoms with Crippen molar-refractivity contribution in [2.45, 2.75) is 0 Å². The van der Waals surface area contributed by atoms with Crippen molar-refractivity contribution in [3.05, 3.63) is 45.1 Å². The fraction of sp³-hybridized carbons (Fsp3) is 0.143. The van der Waals surface area contributed by atoms with Gasteiger partial charge in [0.05, 0.1) is 0 Å². The van der Waals surface area contributed by atoms with Gasteiger partial charge in [-0.3, -0.25) is 19.3 Å². The van der Waals surface area contributed by atoms with Crippen molar-refractivity contribution >= 4 is 22.8 Å². The molecule has 5 N–H and O–H groups in total. The van der Waals surface area contributed by atoms with E-state index in [-0.39, 0.29) is 11.5 Å². The van der Waals surface area contributed by atoms with Crippen molar-refractivity contribution in [2.75, 3.05) is 5.32 Å². The lowest BCUT2D eigenvalue weighted by Crippen LogP contribution is -2.36. The average molecular weight is 313 g/mol. The molecule has 0 fully saturated rings. The Labute approximate surface area is 129 Å². The predicted molar refractivity (Wildman–Crippen MR) is 87.5 cm³/mol. The largest absolute Gasteiger partial charge is 0.370 e. The van der Waals surface area contributed by atoms with Crippen LogP contribution in [0.3, 0.4) is 0 Å². The van der Waals surface area contributed by atoms with Crippen molar-refractivity contribution in [3.8, 4) is 11.4 Å². The summed E-state index contributed by atoms with van der Waals surface area (Å²) in [7, 11) is 2.99. The second kappa shape index (κ2) is 5.13. The van der Waals surface area contributed by atoms with Gasteiger partial charge in [0.2, 0.25) is 0 Å². The van der Waals surface area contributed by atoms with E-state index in [0.29, 0.717) is 17.2 Å². The molecule has 1 aromatic carbocycles. The Morgan fingerprint density at radius 2 is 1.87 bits per heavy atom. The number of H-pyrrole nitrogens is 1. The second-order valence-electron chi connectivity index (χ2n) is 5.11. The van der Waals surface area contributed by atoms with E-state index in [0.717, 1.165) is 10.1 Å². The molecule has 0 aliphatic rings. The van der Waals surface area contributed by atoms with Crippen molar-refractivity contribution in [2.24, 2.45) is 19.8 Å². The smallest absolute Gasteiger partial charge is 0.332 e. The number of aryl methyl sites for hydroxylation is 1. The Hall–Kier alpha value is -3.36. The van der Waals surface area contributed by atoms with Crippen LogP contribution in [-0.4, -0.2) is 25.1 Å². The van der Waals surface area contributed by atoms with Crippen LogP contribution >= 0.6 is 0 Å². The lowest BCUT2D eigenvalue weighted by Gasteiger charge is -2.03. The van der Waals surface area contributed by atoms with Gasteiger partial charge in [0.25, 0.3) is 5.56 Å². The maximum atomic E-state index is 12.2. The first-order chi connectivity index (χ1) is 10.9. The van der Waals surface area contributed by atoms with Crippen LogP contribution in [0.2, 0.25) is 0 Å². The van der Waals surface area contributed by atoms with E-state index in [1.165, 1.54) is 11.6 Å². The molecule has 2 heterocycles. The molecule has 0 saturated carbocycles. The molecule has 9 nitrogen and oxygen atoms in total. The minimum atomic E-state index is -0.429. The van der Waals surface area contributed by atoms with E-state index in [9.17, 15) is 9.59 Å². The monoisotopic (exact) mass is 313 g/mol. The first-order valence-electron chi connectivity index (χ1n) is 6.75. The Morgan fingerprint density at radius 1 is 1.22 bits per heavy atom. The number of aromatic nitrogens is 4. The minimum Gasteiger partial charge on any atom is -0.370 e. The third-order valence-electron chi connectivity index (χ3n) is 3.53. The number of hydrogen-bond acceptors (Lipinski definition) is 4. The quantitative estimate of drug-likeness (QED) is 0.388. The summed E-state index contributed by atoms with van der Waals surface area (Å²) in [6.45, 7) is 0. The van der Waals surface area contributed by atoms with Crippen LogP contribution in [0.4, 0.5) is 5.69 Å². The van der Waals surface area contributed by atoms with Crippen LogP contribution in [-0.2, 0) is 14.1 Å². The van der Waals surface area contributed by atoms with E-state index in [2.05, 4.69) is 15.3 Å². The third kappa shape index (κ3) is 2.37. The predicted octanol–water partition coefficient (Wildman–Crippen LogP) is -0.0673. The van der Waals surface area contributed by atoms with Crippen molar-refractivity contribution < 1.29 is 0 Å². The zero-order valence-electron chi connectivity index (χ0n) is 12.5. The van der Waals surface area contributed by atoms with Gasteiger partial charge in [-0.2, -0.15) is 0 Å². The summed E-state index contributed by atoms with van der Waals surface area (Å²) in [6.07, 6.45) is 0. The Morgan fingerprint density at radius 3 is 2.48 bits per heavy atom. The maximum Gasteiger partial charge on any atom is 0.332 e. The molecule has 0 aliphatic carbocycles. The van der Waals surface area contributed by atoms with Crippen molar-refractivity contribution in [1.82, 2.24) is 19.1 Å². The van der Waals surface area contributed by atoms with Crippen molar-refractivity contribution in [1.29, 1.82) is 5.41 Å². The average Bonchev–Trinajstić information content (AvgIpc) is 2.96. The molecule has 3 rings (SSSR count). The Bertz CT molecular complexity index is 1020. The van der Waals surface area contributed by atoms with Gasteiger partial charge in [-0.05, 0) is 24.3 Å². The number of anilines is 1. The number of nitrogens with one attached hydrogen (secondary N) is 3. The van der Waals surface area contributed by atoms with Gasteiger partial charge in [-0.1, -0.05) is 0 Å². The van der Waals surface area contributed by atoms with Crippen LogP contribution in [0.15, 0.2) is 33.9 Å². The zero-order chi connectivity index (χ0) is 16.7. The number of benzene rings is 1. The maximum absolute atomic E-state index is 12.2. The third-order valence-corrected chi connectivity index (χ3v) is 3.53. The van der Waals surface area contributed by atoms with E-state index in [4.69, 9.17) is 11.1 Å². The SMILES string of the molecule is Cn1c(=O)c2[nH]c(-c3ccc(NC(=N)N)cc3)nc2n(C)c1=O. The summed E-state index contributed by atoms with van der Waals surface area (Å²) in [5, 5.41) is 9.86. The summed E-state index contributed by atoms with van der Waals surface area (Å²) >= 11 is 0. The van der Waals surface area contributed by atoms with Crippen LogP contribution in [0.5, 0.6) is 0 Å². The van der Waals surface area contributed by atoms with Gasteiger partial charge >= 0.3 is 5.69 Å². The molecule has 0 unspecified atom stereocenters. The molecule has 23 heavy (non-hydrogen) atoms. The fourth-order valence-electron chi connectivity index (χ4n) is 2.33. The summed E-state index contributed by atoms with van der Waals surface area (Å²) in [6, 6.07) is 7.01. The van der Waals surface area contributed by atoms with Gasteiger partial charge in [0.15, 0.2) is 11.6 Å². The number of guanidine groups is 1. The molecule has 3 aromatic rings. The van der Waals surface area contributed by atoms with Crippen LogP contribution in [0, 0.1) is 5.41 Å². The topological polar surface area (TPSA) is 135 Å². The number of nitrogens with two attached hydrogens (primary N) is 1. The normalized spacial score (nSPS) is 10.9. The minimum absolute atomic E-state index is 0.153. The molecule has 0 aliphatic heterocycles. The number of imidazole rings is 1. The van der Waals surface area contributed by atoms with E-state index >= 15 is 0 Å². The molecule has 0 saturated heterocycles. The van der Waals surface area contributed by atoms with E-state index in [1.54, 1.807) is 31.3 Å². The molecular weight excluding hydrogens is 298 g/mol. The highest BCUT2D eigenvalue weighted by Crippen LogP contribution is 2.20. The molecule has 9 heteroatoms. The Balaban J connectivity index is 2.13. The number of nitrogens with zero attached hydrogens (tertiary/aromatic N) is 3. The van der Waals surface area contributed by atoms with Gasteiger partial charge in [0.1, 0.15) is 11.3 Å². The van der Waals surface area contributed by atoms with Gasteiger partial charge in [0, 0.05) is 25.3 Å². The van der Waals surface area contributed by atoms with Crippen LogP contribution < -0.4 is 22.3 Å². The summed E-state index contributed by atoms with van der Waals surface area (Å²) in [5.74, 6) is 0.327. The van der Waals surface area contributed by atoms with Crippen molar-refractivity contribution in [3.63, 3.8) is 0 Å². The number of fused-ring (bicyclic) bond motifs is 1.